The molecule has 0 aromatic heterocycles. The minimum atomic E-state index is -4.20. The number of cyclic esters (lactones) is 1. The van der Waals surface area contributed by atoms with Crippen LogP contribution in [0, 0.1) is 0 Å². The quantitative estimate of drug-likeness (QED) is 0.439. The molecular weight excluding hydrogens is 490 g/mol. The average molecular weight is 512 g/mol. The van der Waals surface area contributed by atoms with Gasteiger partial charge in [-0.2, -0.15) is 0 Å². The SMILES string of the molecule is COc1ccc2c(c1OC)C(=O)O[C@@H]2[C@H]1c2c(c(S(=O)(=O)Cl)c3c(c2OC)OCO3)CCN1C. The number of hydrogen-bond donors (Lipinski definition) is 0. The van der Waals surface area contributed by atoms with E-state index in [1.807, 2.05) is 11.9 Å². The number of hydrogen-bond acceptors (Lipinski definition) is 10. The highest BCUT2D eigenvalue weighted by Gasteiger charge is 2.48. The van der Waals surface area contributed by atoms with Gasteiger partial charge in [-0.1, -0.05) is 6.07 Å². The Morgan fingerprint density at radius 2 is 1.76 bits per heavy atom. The van der Waals surface area contributed by atoms with Crippen molar-refractivity contribution >= 4 is 25.7 Å². The van der Waals surface area contributed by atoms with E-state index in [2.05, 4.69) is 0 Å². The van der Waals surface area contributed by atoms with Crippen molar-refractivity contribution in [3.05, 3.63) is 34.4 Å². The molecule has 10 nitrogen and oxygen atoms in total. The highest BCUT2D eigenvalue weighted by Crippen LogP contribution is 2.58. The number of likely N-dealkylation sites (N-methyl/N-ethyl adjacent to an activating group) is 1. The van der Waals surface area contributed by atoms with Crippen LogP contribution in [0.5, 0.6) is 28.7 Å². The van der Waals surface area contributed by atoms with Gasteiger partial charge in [0.2, 0.25) is 12.5 Å². The van der Waals surface area contributed by atoms with E-state index in [1.54, 1.807) is 12.1 Å². The van der Waals surface area contributed by atoms with Crippen LogP contribution in [0.4, 0.5) is 0 Å². The fourth-order valence-electron chi connectivity index (χ4n) is 5.05. The van der Waals surface area contributed by atoms with Crippen molar-refractivity contribution in [2.75, 3.05) is 41.7 Å². The number of fused-ring (bicyclic) bond motifs is 3. The zero-order valence-electron chi connectivity index (χ0n) is 18.8. The summed E-state index contributed by atoms with van der Waals surface area (Å²) in [6, 6.07) is 2.84. The van der Waals surface area contributed by atoms with E-state index in [9.17, 15) is 13.2 Å². The van der Waals surface area contributed by atoms with Crippen molar-refractivity contribution in [3.63, 3.8) is 0 Å². The zero-order chi connectivity index (χ0) is 24.4. The van der Waals surface area contributed by atoms with E-state index >= 15 is 0 Å². The second-order valence-corrected chi connectivity index (χ2v) is 10.5. The van der Waals surface area contributed by atoms with Crippen molar-refractivity contribution in [1.82, 2.24) is 4.90 Å². The molecule has 0 bridgehead atoms. The Hall–Kier alpha value is -2.89. The molecule has 0 radical (unpaired) electrons. The van der Waals surface area contributed by atoms with Gasteiger partial charge in [-0.15, -0.1) is 0 Å². The van der Waals surface area contributed by atoms with E-state index < -0.39 is 27.2 Å². The first-order chi connectivity index (χ1) is 16.2. The number of nitrogens with zero attached hydrogens (tertiary/aromatic N) is 1. The predicted octanol–water partition coefficient (Wildman–Crippen LogP) is 2.81. The van der Waals surface area contributed by atoms with E-state index in [0.717, 1.165) is 0 Å². The first kappa shape index (κ1) is 22.9. The van der Waals surface area contributed by atoms with Crippen molar-refractivity contribution in [2.24, 2.45) is 0 Å². The molecule has 0 fully saturated rings. The van der Waals surface area contributed by atoms with Crippen LogP contribution < -0.4 is 23.7 Å². The fourth-order valence-corrected chi connectivity index (χ4v) is 6.42. The van der Waals surface area contributed by atoms with Crippen LogP contribution in [0.3, 0.4) is 0 Å². The summed E-state index contributed by atoms with van der Waals surface area (Å²) in [5, 5.41) is 0. The monoisotopic (exact) mass is 511 g/mol. The van der Waals surface area contributed by atoms with Gasteiger partial charge in [-0.3, -0.25) is 4.90 Å². The topological polar surface area (TPSA) is 110 Å². The molecule has 5 rings (SSSR count). The zero-order valence-corrected chi connectivity index (χ0v) is 20.4. The van der Waals surface area contributed by atoms with Crippen LogP contribution in [0.25, 0.3) is 0 Å². The van der Waals surface area contributed by atoms with Gasteiger partial charge >= 0.3 is 5.97 Å². The Morgan fingerprint density at radius 1 is 1.06 bits per heavy atom. The van der Waals surface area contributed by atoms with E-state index in [-0.39, 0.29) is 34.5 Å². The van der Waals surface area contributed by atoms with Crippen molar-refractivity contribution in [3.8, 4) is 28.7 Å². The highest BCUT2D eigenvalue weighted by atomic mass is 35.7. The molecule has 0 saturated heterocycles. The number of esters is 1. The molecule has 3 heterocycles. The van der Waals surface area contributed by atoms with Crippen LogP contribution >= 0.6 is 10.7 Å². The molecule has 34 heavy (non-hydrogen) atoms. The highest BCUT2D eigenvalue weighted by molar-refractivity contribution is 8.13. The number of halogens is 1. The number of carbonyl (C=O) groups excluding carboxylic acids is 1. The summed E-state index contributed by atoms with van der Waals surface area (Å²) in [5.74, 6) is 0.594. The third kappa shape index (κ3) is 3.18. The van der Waals surface area contributed by atoms with Gasteiger partial charge in [0.25, 0.3) is 9.05 Å². The van der Waals surface area contributed by atoms with Crippen LogP contribution in [0.2, 0.25) is 0 Å². The molecule has 3 aliphatic heterocycles. The lowest BCUT2D eigenvalue weighted by Gasteiger charge is -2.39. The summed E-state index contributed by atoms with van der Waals surface area (Å²) < 4.78 is 58.7. The maximum absolute atomic E-state index is 13.0. The molecule has 12 heteroatoms. The smallest absolute Gasteiger partial charge is 0.343 e. The Bertz CT molecular complexity index is 1310. The summed E-state index contributed by atoms with van der Waals surface area (Å²) in [7, 11) is 7.91. The van der Waals surface area contributed by atoms with Gasteiger partial charge < -0.3 is 28.4 Å². The second kappa shape index (κ2) is 8.10. The first-order valence-electron chi connectivity index (χ1n) is 10.4. The van der Waals surface area contributed by atoms with Crippen molar-refractivity contribution in [2.45, 2.75) is 23.5 Å². The fraction of sp³-hybridized carbons (Fsp3) is 0.409. The van der Waals surface area contributed by atoms with Crippen molar-refractivity contribution < 1.29 is 41.6 Å². The third-order valence-electron chi connectivity index (χ3n) is 6.41. The summed E-state index contributed by atoms with van der Waals surface area (Å²) >= 11 is 0. The Kier molecular flexibility index (Phi) is 5.45. The molecule has 0 N–H and O–H groups in total. The lowest BCUT2D eigenvalue weighted by molar-refractivity contribution is 0.00856. The van der Waals surface area contributed by atoms with Gasteiger partial charge in [-0.25, -0.2) is 13.2 Å². The summed E-state index contributed by atoms with van der Waals surface area (Å²) in [5.41, 5.74) is 1.81. The Morgan fingerprint density at radius 3 is 2.41 bits per heavy atom. The molecule has 0 unspecified atom stereocenters. The van der Waals surface area contributed by atoms with Crippen LogP contribution in [0.15, 0.2) is 17.0 Å². The second-order valence-electron chi connectivity index (χ2n) is 8.02. The van der Waals surface area contributed by atoms with E-state index in [4.69, 9.17) is 39.1 Å². The number of methoxy groups -OCH3 is 3. The molecule has 2 aromatic carbocycles. The third-order valence-corrected chi connectivity index (χ3v) is 7.79. The average Bonchev–Trinajstić information content (AvgIpc) is 3.40. The number of ether oxygens (including phenoxy) is 6. The molecule has 182 valence electrons. The van der Waals surface area contributed by atoms with Gasteiger partial charge in [0.1, 0.15) is 16.6 Å². The number of benzene rings is 2. The van der Waals surface area contributed by atoms with E-state index in [0.29, 0.717) is 41.2 Å². The van der Waals surface area contributed by atoms with Gasteiger partial charge in [0, 0.05) is 28.4 Å². The normalized spacial score (nSPS) is 21.0. The van der Waals surface area contributed by atoms with Gasteiger partial charge in [0.15, 0.2) is 23.0 Å². The van der Waals surface area contributed by atoms with Crippen molar-refractivity contribution in [1.29, 1.82) is 0 Å². The molecule has 0 amide bonds. The minimum Gasteiger partial charge on any atom is -0.493 e. The predicted molar refractivity (Wildman–Crippen MR) is 119 cm³/mol. The molecule has 2 atom stereocenters. The van der Waals surface area contributed by atoms with Crippen LogP contribution in [-0.2, 0) is 20.2 Å². The standard InChI is InChI=1S/C22H22ClNO9S/c1-24-8-7-11-13(18(30-4)19-20(32-9-31-19)21(11)34(23,26)27)15(24)16-10-5-6-12(28-2)17(29-3)14(10)22(25)33-16/h5-6,15-16H,7-9H2,1-4H3/t15-,16+/m1/s1. The number of rotatable bonds is 5. The lowest BCUT2D eigenvalue weighted by atomic mass is 9.85. The first-order valence-corrected chi connectivity index (χ1v) is 12.7. The summed E-state index contributed by atoms with van der Waals surface area (Å²) in [6.45, 7) is 0.295. The largest absolute Gasteiger partial charge is 0.493 e. The Labute approximate surface area is 200 Å². The van der Waals surface area contributed by atoms with Crippen LogP contribution in [-0.4, -0.2) is 61.0 Å². The minimum absolute atomic E-state index is 0.0316. The molecule has 3 aliphatic rings. The molecule has 2 aromatic rings. The van der Waals surface area contributed by atoms with Crippen LogP contribution in [0.1, 0.15) is 39.2 Å². The molecule has 0 saturated carbocycles. The Balaban J connectivity index is 1.78. The molecule has 0 spiro atoms. The maximum atomic E-state index is 13.0. The van der Waals surface area contributed by atoms with Gasteiger partial charge in [-0.05, 0) is 25.1 Å². The number of carbonyl (C=O) groups is 1. The molecule has 0 aliphatic carbocycles. The molecular formula is C22H22ClNO9S. The summed E-state index contributed by atoms with van der Waals surface area (Å²) in [6.07, 6.45) is -0.428. The van der Waals surface area contributed by atoms with Gasteiger partial charge in [0.05, 0.1) is 27.4 Å². The lowest BCUT2D eigenvalue weighted by Crippen LogP contribution is -2.37. The maximum Gasteiger partial charge on any atom is 0.343 e. The van der Waals surface area contributed by atoms with E-state index in [1.165, 1.54) is 21.3 Å². The summed E-state index contributed by atoms with van der Waals surface area (Å²) in [4.78, 5) is 14.8.